The van der Waals surface area contributed by atoms with Crippen molar-refractivity contribution in [3.63, 3.8) is 0 Å². The predicted octanol–water partition coefficient (Wildman–Crippen LogP) is 4.30. The molecule has 0 spiro atoms. The third-order valence-electron chi connectivity index (χ3n) is 4.48. The minimum Gasteiger partial charge on any atom is -0.468 e. The van der Waals surface area contributed by atoms with Gasteiger partial charge in [0.25, 0.3) is 11.6 Å². The van der Waals surface area contributed by atoms with Crippen LogP contribution in [0.1, 0.15) is 35.7 Å². The van der Waals surface area contributed by atoms with Crippen LogP contribution in [0.2, 0.25) is 5.02 Å². The number of thiazole rings is 1. The highest BCUT2D eigenvalue weighted by Gasteiger charge is 2.17. The van der Waals surface area contributed by atoms with E-state index in [1.54, 1.807) is 4.57 Å². The largest absolute Gasteiger partial charge is 0.468 e. The fraction of sp³-hybridized carbons (Fsp3) is 0.250. The number of benzene rings is 2. The lowest BCUT2D eigenvalue weighted by Gasteiger charge is -2.06. The Kier molecular flexibility index (Phi) is 6.33. The Morgan fingerprint density at radius 1 is 1.27 bits per heavy atom. The molecule has 0 saturated heterocycles. The summed E-state index contributed by atoms with van der Waals surface area (Å²) in [5, 5.41) is 11.1. The number of halogens is 1. The predicted molar refractivity (Wildman–Crippen MR) is 114 cm³/mol. The molecule has 1 amide bonds. The Bertz CT molecular complexity index is 1230. The Balaban J connectivity index is 2.18. The lowest BCUT2D eigenvalue weighted by molar-refractivity contribution is -0.384. The summed E-state index contributed by atoms with van der Waals surface area (Å²) in [6.07, 6.45) is 0. The minimum absolute atomic E-state index is 0.0528. The fourth-order valence-electron chi connectivity index (χ4n) is 2.82. The monoisotopic (exact) mass is 447 g/mol. The van der Waals surface area contributed by atoms with Crippen molar-refractivity contribution in [3.05, 3.63) is 67.5 Å². The first-order valence-corrected chi connectivity index (χ1v) is 10.1. The summed E-state index contributed by atoms with van der Waals surface area (Å²) in [6, 6.07) is 9.39. The fourth-order valence-corrected chi connectivity index (χ4v) is 4.09. The Morgan fingerprint density at radius 3 is 2.63 bits per heavy atom. The zero-order valence-electron chi connectivity index (χ0n) is 16.4. The summed E-state index contributed by atoms with van der Waals surface area (Å²) in [6.45, 7) is 4.00. The highest BCUT2D eigenvalue weighted by Crippen LogP contribution is 2.25. The average molecular weight is 448 g/mol. The number of fused-ring (bicyclic) bond motifs is 1. The number of hydrogen-bond acceptors (Lipinski definition) is 6. The number of nitro groups is 1. The van der Waals surface area contributed by atoms with Crippen LogP contribution in [0.25, 0.3) is 10.2 Å². The highest BCUT2D eigenvalue weighted by molar-refractivity contribution is 7.16. The van der Waals surface area contributed by atoms with Crippen LogP contribution in [0, 0.1) is 10.1 Å². The van der Waals surface area contributed by atoms with Crippen molar-refractivity contribution < 1.29 is 19.2 Å². The maximum Gasteiger partial charge on any atom is 0.325 e. The van der Waals surface area contributed by atoms with Gasteiger partial charge < -0.3 is 9.30 Å². The van der Waals surface area contributed by atoms with Crippen molar-refractivity contribution in [2.45, 2.75) is 26.3 Å². The number of ether oxygens (including phenoxy) is 1. The van der Waals surface area contributed by atoms with Gasteiger partial charge in [-0.2, -0.15) is 4.99 Å². The van der Waals surface area contributed by atoms with Crippen LogP contribution >= 0.6 is 22.9 Å². The van der Waals surface area contributed by atoms with E-state index in [2.05, 4.69) is 18.8 Å². The lowest BCUT2D eigenvalue weighted by Crippen LogP contribution is -2.22. The van der Waals surface area contributed by atoms with Crippen LogP contribution in [-0.2, 0) is 16.1 Å². The number of methoxy groups -OCH3 is 1. The summed E-state index contributed by atoms with van der Waals surface area (Å²) >= 11 is 7.30. The van der Waals surface area contributed by atoms with Crippen LogP contribution in [-0.4, -0.2) is 28.5 Å². The normalized spacial score (nSPS) is 11.8. The molecule has 0 saturated carbocycles. The average Bonchev–Trinajstić information content (AvgIpc) is 3.03. The number of carbonyl (C=O) groups excluding carboxylic acids is 2. The second-order valence-electron chi connectivity index (χ2n) is 6.77. The molecule has 10 heteroatoms. The second kappa shape index (κ2) is 8.76. The number of nitro benzene ring substituents is 1. The quantitative estimate of drug-likeness (QED) is 0.329. The summed E-state index contributed by atoms with van der Waals surface area (Å²) < 4.78 is 7.19. The molecule has 0 unspecified atom stereocenters. The molecule has 1 aromatic heterocycles. The molecule has 30 heavy (non-hydrogen) atoms. The molecule has 156 valence electrons. The molecule has 0 fully saturated rings. The van der Waals surface area contributed by atoms with Gasteiger partial charge in [-0.3, -0.25) is 19.7 Å². The van der Waals surface area contributed by atoms with E-state index in [9.17, 15) is 19.7 Å². The molecule has 3 rings (SSSR count). The van der Waals surface area contributed by atoms with Gasteiger partial charge in [0.2, 0.25) is 0 Å². The summed E-state index contributed by atoms with van der Waals surface area (Å²) in [5.74, 6) is -0.931. The van der Waals surface area contributed by atoms with Gasteiger partial charge in [-0.25, -0.2) is 0 Å². The summed E-state index contributed by atoms with van der Waals surface area (Å²) in [4.78, 5) is 39.5. The molecule has 2 aromatic carbocycles. The van der Waals surface area contributed by atoms with Gasteiger partial charge in [-0.1, -0.05) is 42.9 Å². The van der Waals surface area contributed by atoms with Gasteiger partial charge in [0, 0.05) is 12.1 Å². The van der Waals surface area contributed by atoms with Gasteiger partial charge in [-0.05, 0) is 29.7 Å². The van der Waals surface area contributed by atoms with E-state index in [0.29, 0.717) is 5.92 Å². The van der Waals surface area contributed by atoms with Crippen molar-refractivity contribution in [2.75, 3.05) is 7.11 Å². The molecule has 0 bridgehead atoms. The molecular formula is C20H18ClN3O5S. The number of hydrogen-bond donors (Lipinski definition) is 0. The maximum absolute atomic E-state index is 12.8. The smallest absolute Gasteiger partial charge is 0.325 e. The first-order chi connectivity index (χ1) is 14.2. The van der Waals surface area contributed by atoms with E-state index in [0.717, 1.165) is 21.8 Å². The van der Waals surface area contributed by atoms with E-state index in [1.165, 1.54) is 30.6 Å². The van der Waals surface area contributed by atoms with Crippen molar-refractivity contribution in [1.29, 1.82) is 0 Å². The van der Waals surface area contributed by atoms with Crippen molar-refractivity contribution in [2.24, 2.45) is 4.99 Å². The first kappa shape index (κ1) is 21.7. The molecule has 0 N–H and O–H groups in total. The third kappa shape index (κ3) is 4.42. The van der Waals surface area contributed by atoms with Gasteiger partial charge >= 0.3 is 5.97 Å². The Hall–Kier alpha value is -3.04. The number of non-ortho nitro benzene ring substituents is 1. The number of esters is 1. The number of nitrogens with zero attached hydrogens (tertiary/aromatic N) is 3. The van der Waals surface area contributed by atoms with Crippen LogP contribution < -0.4 is 4.80 Å². The number of carbonyl (C=O) groups is 2. The first-order valence-electron chi connectivity index (χ1n) is 8.94. The van der Waals surface area contributed by atoms with E-state index < -0.39 is 16.8 Å². The number of rotatable bonds is 5. The lowest BCUT2D eigenvalue weighted by atomic mass is 10.0. The molecular weight excluding hydrogens is 430 g/mol. The van der Waals surface area contributed by atoms with Gasteiger partial charge in [-0.15, -0.1) is 0 Å². The summed E-state index contributed by atoms with van der Waals surface area (Å²) in [7, 11) is 1.28. The molecule has 0 aliphatic carbocycles. The van der Waals surface area contributed by atoms with Gasteiger partial charge in [0.15, 0.2) is 4.80 Å². The minimum atomic E-state index is -0.738. The molecule has 3 aromatic rings. The topological polar surface area (TPSA) is 104 Å². The van der Waals surface area contributed by atoms with Crippen molar-refractivity contribution in [1.82, 2.24) is 4.57 Å². The number of amides is 1. The van der Waals surface area contributed by atoms with Gasteiger partial charge in [0.05, 0.1) is 32.8 Å². The van der Waals surface area contributed by atoms with Crippen molar-refractivity contribution >= 4 is 50.7 Å². The van der Waals surface area contributed by atoms with Crippen molar-refractivity contribution in [3.8, 4) is 0 Å². The van der Waals surface area contributed by atoms with Crippen LogP contribution in [0.4, 0.5) is 5.69 Å². The zero-order chi connectivity index (χ0) is 22.0. The van der Waals surface area contributed by atoms with E-state index in [-0.39, 0.29) is 27.6 Å². The summed E-state index contributed by atoms with van der Waals surface area (Å²) in [5.41, 5.74) is 1.48. The standard InChI is InChI=1S/C20H18ClN3O5S/c1-11(2)12-4-7-16-17(8-12)30-20(23(16)10-18(25)29-3)22-19(26)14-9-13(24(27)28)5-6-15(14)21/h4-9,11H,10H2,1-3H3. The molecule has 1 heterocycles. The molecule has 0 atom stereocenters. The van der Waals surface area contributed by atoms with Crippen LogP contribution in [0.3, 0.4) is 0 Å². The van der Waals surface area contributed by atoms with Crippen LogP contribution in [0.15, 0.2) is 41.4 Å². The number of aromatic nitrogens is 1. The Labute approximate surface area is 180 Å². The molecule has 0 radical (unpaired) electrons. The molecule has 0 aliphatic rings. The Morgan fingerprint density at radius 2 is 2.00 bits per heavy atom. The SMILES string of the molecule is COC(=O)Cn1c(=NC(=O)c2cc([N+](=O)[O-])ccc2Cl)sc2cc(C(C)C)ccc21. The van der Waals surface area contributed by atoms with E-state index >= 15 is 0 Å². The third-order valence-corrected chi connectivity index (χ3v) is 5.85. The van der Waals surface area contributed by atoms with E-state index in [1.807, 2.05) is 18.2 Å². The van der Waals surface area contributed by atoms with E-state index in [4.69, 9.17) is 16.3 Å². The van der Waals surface area contributed by atoms with Gasteiger partial charge in [0.1, 0.15) is 6.54 Å². The van der Waals surface area contributed by atoms with Crippen LogP contribution in [0.5, 0.6) is 0 Å². The maximum atomic E-state index is 12.8. The second-order valence-corrected chi connectivity index (χ2v) is 8.18. The highest BCUT2D eigenvalue weighted by atomic mass is 35.5. The zero-order valence-corrected chi connectivity index (χ0v) is 18.0. The molecule has 0 aliphatic heterocycles. The molecule has 8 nitrogen and oxygen atoms in total.